The van der Waals surface area contributed by atoms with Gasteiger partial charge in [0.05, 0.1) is 6.54 Å². The van der Waals surface area contributed by atoms with E-state index in [1.165, 1.54) is 5.56 Å². The quantitative estimate of drug-likeness (QED) is 0.523. The highest BCUT2D eigenvalue weighted by Crippen LogP contribution is 2.19. The van der Waals surface area contributed by atoms with Crippen LogP contribution < -0.4 is 0 Å². The number of alkyl halides is 2. The highest BCUT2D eigenvalue weighted by atomic mass is 79.9. The lowest BCUT2D eigenvalue weighted by Gasteiger charge is -2.19. The molecule has 0 heterocycles. The fourth-order valence-electron chi connectivity index (χ4n) is 1.63. The zero-order valence-corrected chi connectivity index (χ0v) is 13.5. The van der Waals surface area contributed by atoms with Gasteiger partial charge < -0.3 is 0 Å². The molecule has 0 fully saturated rings. The fourth-order valence-corrected chi connectivity index (χ4v) is 2.00. The van der Waals surface area contributed by atoms with E-state index in [4.69, 9.17) is 0 Å². The van der Waals surface area contributed by atoms with Gasteiger partial charge in [0, 0.05) is 21.8 Å². The minimum Gasteiger partial charge on any atom is -0.296 e. The van der Waals surface area contributed by atoms with Crippen molar-refractivity contribution in [3.8, 4) is 0 Å². The third kappa shape index (κ3) is 6.37. The molecule has 0 aromatic heterocycles. The molecule has 1 atom stereocenters. The molecule has 1 aromatic rings. The van der Waals surface area contributed by atoms with Crippen LogP contribution in [0.5, 0.6) is 0 Å². The van der Waals surface area contributed by atoms with Crippen molar-refractivity contribution in [2.24, 2.45) is 10.4 Å². The first-order chi connectivity index (χ1) is 8.03. The van der Waals surface area contributed by atoms with Crippen LogP contribution in [0.4, 0.5) is 0 Å². The second-order valence-electron chi connectivity index (χ2n) is 4.90. The summed E-state index contributed by atoms with van der Waals surface area (Å²) in [6.07, 6.45) is 3.11. The molecule has 1 unspecified atom stereocenters. The minimum absolute atomic E-state index is 0.111. The van der Waals surface area contributed by atoms with Crippen LogP contribution in [-0.2, 0) is 6.42 Å². The lowest BCUT2D eigenvalue weighted by molar-refractivity contribution is 0.531. The summed E-state index contributed by atoms with van der Waals surface area (Å²) >= 11 is 6.98. The van der Waals surface area contributed by atoms with E-state index in [0.29, 0.717) is 4.83 Å². The van der Waals surface area contributed by atoms with Gasteiger partial charge in [-0.25, -0.2) is 0 Å². The van der Waals surface area contributed by atoms with Gasteiger partial charge in [-0.15, -0.1) is 0 Å². The Morgan fingerprint density at radius 3 is 2.53 bits per heavy atom. The van der Waals surface area contributed by atoms with Crippen molar-refractivity contribution in [2.75, 3.05) is 11.9 Å². The van der Waals surface area contributed by atoms with Gasteiger partial charge in [0.1, 0.15) is 0 Å². The van der Waals surface area contributed by atoms with E-state index in [1.54, 1.807) is 0 Å². The highest BCUT2D eigenvalue weighted by molar-refractivity contribution is 9.12. The van der Waals surface area contributed by atoms with E-state index in [2.05, 4.69) is 87.2 Å². The Morgan fingerprint density at radius 2 is 1.94 bits per heavy atom. The summed E-state index contributed by atoms with van der Waals surface area (Å²) in [7, 11) is 0. The van der Waals surface area contributed by atoms with Crippen molar-refractivity contribution >= 4 is 38.1 Å². The molecular formula is C14H19Br2N. The van der Waals surface area contributed by atoms with Gasteiger partial charge in [0.25, 0.3) is 0 Å². The van der Waals surface area contributed by atoms with E-state index < -0.39 is 0 Å². The topological polar surface area (TPSA) is 12.4 Å². The smallest absolute Gasteiger partial charge is 0.0519 e. The van der Waals surface area contributed by atoms with Gasteiger partial charge in [0.2, 0.25) is 0 Å². The normalized spacial score (nSPS) is 14.1. The van der Waals surface area contributed by atoms with Gasteiger partial charge >= 0.3 is 0 Å². The molecular weight excluding hydrogens is 342 g/mol. The Morgan fingerprint density at radius 1 is 1.29 bits per heavy atom. The number of hydrogen-bond donors (Lipinski definition) is 0. The van der Waals surface area contributed by atoms with E-state index in [9.17, 15) is 0 Å². The van der Waals surface area contributed by atoms with E-state index in [-0.39, 0.29) is 5.41 Å². The summed E-state index contributed by atoms with van der Waals surface area (Å²) in [6.45, 7) is 5.27. The van der Waals surface area contributed by atoms with Crippen LogP contribution in [0.3, 0.4) is 0 Å². The SMILES string of the molecule is CC(C)(C=NCC(Br)CBr)Cc1ccccc1. The molecule has 0 radical (unpaired) electrons. The van der Waals surface area contributed by atoms with Crippen molar-refractivity contribution in [3.05, 3.63) is 35.9 Å². The van der Waals surface area contributed by atoms with Gasteiger partial charge in [-0.2, -0.15) is 0 Å². The number of hydrogen-bond acceptors (Lipinski definition) is 1. The minimum atomic E-state index is 0.111. The van der Waals surface area contributed by atoms with Gasteiger partial charge in [-0.1, -0.05) is 76.0 Å². The zero-order valence-electron chi connectivity index (χ0n) is 10.4. The molecule has 0 saturated heterocycles. The molecule has 3 heteroatoms. The third-order valence-electron chi connectivity index (χ3n) is 2.41. The second kappa shape index (κ2) is 7.32. The summed E-state index contributed by atoms with van der Waals surface area (Å²) in [6, 6.07) is 10.6. The van der Waals surface area contributed by atoms with Crippen LogP contribution in [0, 0.1) is 5.41 Å². The summed E-state index contributed by atoms with van der Waals surface area (Å²) in [5, 5.41) is 0.934. The molecule has 94 valence electrons. The predicted octanol–water partition coefficient (Wildman–Crippen LogP) is 4.48. The molecule has 0 spiro atoms. The summed E-state index contributed by atoms with van der Waals surface area (Å²) in [5.74, 6) is 0. The van der Waals surface area contributed by atoms with Crippen molar-refractivity contribution in [1.29, 1.82) is 0 Å². The number of aliphatic imine (C=N–C) groups is 1. The molecule has 0 N–H and O–H groups in total. The van der Waals surface area contributed by atoms with E-state index >= 15 is 0 Å². The second-order valence-corrected chi connectivity index (χ2v) is 6.84. The molecule has 0 aliphatic carbocycles. The van der Waals surface area contributed by atoms with Crippen LogP contribution in [-0.4, -0.2) is 22.9 Å². The van der Waals surface area contributed by atoms with Crippen molar-refractivity contribution in [2.45, 2.75) is 25.1 Å². The Hall–Kier alpha value is -0.150. The van der Waals surface area contributed by atoms with E-state index in [0.717, 1.165) is 18.3 Å². The first kappa shape index (κ1) is 14.9. The Bertz CT molecular complexity index is 346. The lowest BCUT2D eigenvalue weighted by atomic mass is 9.87. The highest BCUT2D eigenvalue weighted by Gasteiger charge is 2.15. The number of halogens is 2. The molecule has 1 nitrogen and oxygen atoms in total. The number of rotatable bonds is 6. The molecule has 0 aliphatic rings. The Labute approximate surface area is 121 Å². The van der Waals surface area contributed by atoms with Crippen LogP contribution in [0.15, 0.2) is 35.3 Å². The van der Waals surface area contributed by atoms with Gasteiger partial charge in [-0.05, 0) is 12.0 Å². The van der Waals surface area contributed by atoms with Gasteiger partial charge in [-0.3, -0.25) is 4.99 Å². The van der Waals surface area contributed by atoms with Crippen LogP contribution in [0.2, 0.25) is 0 Å². The molecule has 0 saturated carbocycles. The number of benzene rings is 1. The number of nitrogens with zero attached hydrogens (tertiary/aromatic N) is 1. The molecule has 0 bridgehead atoms. The van der Waals surface area contributed by atoms with Gasteiger partial charge in [0.15, 0.2) is 0 Å². The first-order valence-electron chi connectivity index (χ1n) is 5.78. The first-order valence-corrected chi connectivity index (χ1v) is 7.82. The molecule has 1 aromatic carbocycles. The molecule has 0 amide bonds. The summed E-state index contributed by atoms with van der Waals surface area (Å²) in [5.41, 5.74) is 1.47. The maximum Gasteiger partial charge on any atom is 0.0519 e. The maximum atomic E-state index is 4.51. The van der Waals surface area contributed by atoms with Crippen LogP contribution in [0.25, 0.3) is 0 Å². The van der Waals surface area contributed by atoms with Crippen molar-refractivity contribution in [3.63, 3.8) is 0 Å². The Balaban J connectivity index is 2.51. The summed E-state index contributed by atoms with van der Waals surface area (Å²) in [4.78, 5) is 4.93. The monoisotopic (exact) mass is 359 g/mol. The maximum absolute atomic E-state index is 4.51. The fraction of sp³-hybridized carbons (Fsp3) is 0.500. The molecule has 1 rings (SSSR count). The van der Waals surface area contributed by atoms with E-state index in [1.807, 2.05) is 0 Å². The van der Waals surface area contributed by atoms with Crippen LogP contribution >= 0.6 is 31.9 Å². The average molecular weight is 361 g/mol. The molecule has 0 aliphatic heterocycles. The van der Waals surface area contributed by atoms with Crippen molar-refractivity contribution in [1.82, 2.24) is 0 Å². The van der Waals surface area contributed by atoms with Crippen LogP contribution in [0.1, 0.15) is 19.4 Å². The summed E-state index contributed by atoms with van der Waals surface area (Å²) < 4.78 is 0. The largest absolute Gasteiger partial charge is 0.296 e. The standard InChI is InChI=1S/C14H19Br2N/c1-14(2,11-17-10-13(16)9-15)8-12-6-4-3-5-7-12/h3-7,11,13H,8-10H2,1-2H3. The van der Waals surface area contributed by atoms with Crippen molar-refractivity contribution < 1.29 is 0 Å². The third-order valence-corrected chi connectivity index (χ3v) is 4.68. The lowest BCUT2D eigenvalue weighted by Crippen LogP contribution is -2.17. The molecule has 17 heavy (non-hydrogen) atoms. The predicted molar refractivity (Wildman–Crippen MR) is 83.8 cm³/mol. The zero-order chi connectivity index (χ0) is 12.7. The average Bonchev–Trinajstić information content (AvgIpc) is 2.29. The Kier molecular flexibility index (Phi) is 6.42.